The van der Waals surface area contributed by atoms with Crippen LogP contribution in [0.25, 0.3) is 10.9 Å². The maximum Gasteiger partial charge on any atom is 0.471 e. The van der Waals surface area contributed by atoms with Gasteiger partial charge in [-0.05, 0) is 88.5 Å². The molecule has 18 heteroatoms. The topological polar surface area (TPSA) is 179 Å². The lowest BCUT2D eigenvalue weighted by Gasteiger charge is -2.31. The van der Waals surface area contributed by atoms with Gasteiger partial charge in [-0.15, -0.1) is 0 Å². The number of likely N-dealkylation sites (tertiary alicyclic amines) is 2. The molecule has 0 spiro atoms. The number of piperidine rings is 3. The van der Waals surface area contributed by atoms with Crippen LogP contribution in [0, 0.1) is 23.6 Å². The van der Waals surface area contributed by atoms with Gasteiger partial charge in [0.1, 0.15) is 11.6 Å². The number of benzene rings is 2. The lowest BCUT2D eigenvalue weighted by atomic mass is 9.87. The third-order valence-electron chi connectivity index (χ3n) is 10.8. The molecule has 3 saturated heterocycles. The van der Waals surface area contributed by atoms with Crippen molar-refractivity contribution in [2.45, 2.75) is 58.7 Å². The number of likely N-dealkylation sites (N-methyl/N-ethyl adjacent to an activating group) is 1. The normalized spacial score (nSPS) is 16.6. The zero-order chi connectivity index (χ0) is 43.6. The SMILES string of the molecule is C.COc1cc2c(cc1C(=O)C1CCN(Cc3ccc(F)cc3)CC1)c(C(=O)C(=O)N(C)C)cn2C.O=C(O)C1CCN(C(=O)C(F)(F)F)CC1.O=C(O)C1CCNCC1. The Morgan fingerprint density at radius 3 is 1.83 bits per heavy atom. The molecule has 14 nitrogen and oxygen atoms in total. The molecule has 6 rings (SSSR count). The third-order valence-corrected chi connectivity index (χ3v) is 10.8. The Balaban J connectivity index is 0.000000315. The second-order valence-corrected chi connectivity index (χ2v) is 15.1. The Hall–Kier alpha value is -5.36. The van der Waals surface area contributed by atoms with Crippen molar-refractivity contribution < 1.29 is 61.3 Å². The number of fused-ring (bicyclic) bond motifs is 1. The highest BCUT2D eigenvalue weighted by atomic mass is 19.4. The summed E-state index contributed by atoms with van der Waals surface area (Å²) in [5, 5.41) is 20.8. The van der Waals surface area contributed by atoms with Crippen LogP contribution in [0.1, 0.15) is 72.2 Å². The average Bonchev–Trinajstić information content (AvgIpc) is 3.55. The minimum atomic E-state index is -4.87. The molecule has 3 N–H and O–H groups in total. The van der Waals surface area contributed by atoms with Crippen molar-refractivity contribution in [2.24, 2.45) is 24.8 Å². The number of aryl methyl sites for hydroxylation is 1. The number of nitrogens with one attached hydrogen (secondary N) is 1. The van der Waals surface area contributed by atoms with Crippen LogP contribution >= 0.6 is 0 Å². The first-order valence-electron chi connectivity index (χ1n) is 19.3. The number of carbonyl (C=O) groups is 6. The molecule has 0 aliphatic carbocycles. The van der Waals surface area contributed by atoms with Gasteiger partial charge < -0.3 is 34.6 Å². The number of halogens is 4. The molecule has 2 amide bonds. The van der Waals surface area contributed by atoms with E-state index in [1.54, 1.807) is 42.1 Å². The predicted octanol–water partition coefficient (Wildman–Crippen LogP) is 5.27. The van der Waals surface area contributed by atoms with E-state index in [0.717, 1.165) is 44.6 Å². The van der Waals surface area contributed by atoms with Crippen molar-refractivity contribution in [3.8, 4) is 5.75 Å². The van der Waals surface area contributed by atoms with Crippen molar-refractivity contribution >= 4 is 46.2 Å². The number of alkyl halides is 3. The molecule has 330 valence electrons. The Morgan fingerprint density at radius 1 is 0.817 bits per heavy atom. The van der Waals surface area contributed by atoms with Gasteiger partial charge in [0, 0.05) is 64.3 Å². The van der Waals surface area contributed by atoms with E-state index >= 15 is 0 Å². The van der Waals surface area contributed by atoms with Crippen molar-refractivity contribution in [2.75, 3.05) is 60.5 Å². The molecule has 3 aliphatic rings. The number of amides is 2. The Kier molecular flexibility index (Phi) is 17.8. The monoisotopic (exact) mass is 849 g/mol. The van der Waals surface area contributed by atoms with Gasteiger partial charge >= 0.3 is 24.0 Å². The van der Waals surface area contributed by atoms with Crippen molar-refractivity contribution in [1.29, 1.82) is 0 Å². The highest BCUT2D eigenvalue weighted by Gasteiger charge is 2.43. The van der Waals surface area contributed by atoms with Crippen LogP contribution in [-0.2, 0) is 32.8 Å². The molecule has 2 aromatic carbocycles. The number of Topliss-reactive ketones (excluding diaryl/α,β-unsaturated/α-hetero) is 2. The highest BCUT2D eigenvalue weighted by molar-refractivity contribution is 6.44. The summed E-state index contributed by atoms with van der Waals surface area (Å²) in [5.41, 5.74) is 2.45. The number of aromatic nitrogens is 1. The fraction of sp³-hybridized carbons (Fsp3) is 0.524. The van der Waals surface area contributed by atoms with Crippen LogP contribution in [0.5, 0.6) is 5.75 Å². The summed E-state index contributed by atoms with van der Waals surface area (Å²) >= 11 is 0. The molecule has 0 radical (unpaired) electrons. The van der Waals surface area contributed by atoms with Crippen molar-refractivity contribution in [3.05, 3.63) is 65.1 Å². The zero-order valence-corrected chi connectivity index (χ0v) is 33.5. The number of nitrogens with zero attached hydrogens (tertiary/aromatic N) is 4. The van der Waals surface area contributed by atoms with Crippen LogP contribution in [0.15, 0.2) is 42.6 Å². The third kappa shape index (κ3) is 12.8. The second-order valence-electron chi connectivity index (χ2n) is 15.1. The van der Waals surface area contributed by atoms with Crippen LogP contribution in [0.3, 0.4) is 0 Å². The first-order chi connectivity index (χ1) is 27.8. The van der Waals surface area contributed by atoms with Crippen molar-refractivity contribution in [3.63, 3.8) is 0 Å². The van der Waals surface area contributed by atoms with E-state index in [1.165, 1.54) is 38.2 Å². The highest BCUT2D eigenvalue weighted by Crippen LogP contribution is 2.33. The number of ketones is 2. The number of hydrogen-bond donors (Lipinski definition) is 3. The van der Waals surface area contributed by atoms with Gasteiger partial charge in [0.05, 0.1) is 35.6 Å². The lowest BCUT2D eigenvalue weighted by Crippen LogP contribution is -2.46. The average molecular weight is 850 g/mol. The van der Waals surface area contributed by atoms with E-state index in [2.05, 4.69) is 10.2 Å². The van der Waals surface area contributed by atoms with E-state index < -0.39 is 41.6 Å². The molecule has 3 aliphatic heterocycles. The van der Waals surface area contributed by atoms with E-state index in [9.17, 15) is 46.3 Å². The number of carbonyl (C=O) groups excluding carboxylic acids is 4. The maximum absolute atomic E-state index is 13.5. The number of carboxylic acids is 2. The molecule has 1 aromatic heterocycles. The Labute approximate surface area is 346 Å². The fourth-order valence-electron chi connectivity index (χ4n) is 7.27. The van der Waals surface area contributed by atoms with Crippen molar-refractivity contribution in [1.82, 2.24) is 24.6 Å². The van der Waals surface area contributed by atoms with Gasteiger partial charge in [0.15, 0.2) is 5.78 Å². The first kappa shape index (κ1) is 49.0. The Morgan fingerprint density at radius 2 is 1.35 bits per heavy atom. The van der Waals surface area contributed by atoms with Gasteiger partial charge in [-0.1, -0.05) is 19.6 Å². The molecule has 0 bridgehead atoms. The first-order valence-corrected chi connectivity index (χ1v) is 19.3. The van der Waals surface area contributed by atoms with Gasteiger partial charge in [0.2, 0.25) is 0 Å². The van der Waals surface area contributed by atoms with Crippen LogP contribution in [0.4, 0.5) is 17.6 Å². The van der Waals surface area contributed by atoms with E-state index in [-0.39, 0.29) is 62.4 Å². The second kappa shape index (κ2) is 21.8. The molecular formula is C42H55F4N5O9. The predicted molar refractivity (Wildman–Crippen MR) is 214 cm³/mol. The number of carboxylic acid groups (broad SMARTS) is 2. The van der Waals surface area contributed by atoms with Gasteiger partial charge in [-0.25, -0.2) is 4.39 Å². The summed E-state index contributed by atoms with van der Waals surface area (Å²) < 4.78 is 56.4. The fourth-order valence-corrected chi connectivity index (χ4v) is 7.27. The standard InChI is InChI=1S/C27H30FN3O4.C8H10F3NO3.C6H11NO2.CH4/c1-29(2)27(34)26(33)22-16-30(3)23-14-24(35-4)21(13-20(22)23)25(32)18-9-11-31(12-10-18)15-17-5-7-19(28)8-6-17;9-8(10,11)7(15)12-3-1-5(2-4-12)6(13)14;8-6(9)5-1-3-7-4-2-5;/h5-8,13-14,16,18H,9-12,15H2,1-4H3;5H,1-4H2,(H,13,14);5,7H,1-4H2,(H,8,9);1H4. The lowest BCUT2D eigenvalue weighted by molar-refractivity contribution is -0.187. The molecule has 3 fully saturated rings. The van der Waals surface area contributed by atoms with Gasteiger partial charge in [0.25, 0.3) is 11.7 Å². The number of aliphatic carboxylic acids is 2. The van der Waals surface area contributed by atoms with E-state index in [0.29, 0.717) is 46.5 Å². The van der Waals surface area contributed by atoms with E-state index in [4.69, 9.17) is 14.9 Å². The summed E-state index contributed by atoms with van der Waals surface area (Å²) in [6, 6.07) is 9.94. The number of hydrogen-bond acceptors (Lipinski definition) is 9. The quantitative estimate of drug-likeness (QED) is 0.145. The molecule has 0 unspecified atom stereocenters. The molecule has 0 saturated carbocycles. The number of ether oxygens (including phenoxy) is 1. The van der Waals surface area contributed by atoms with E-state index in [1.807, 2.05) is 0 Å². The summed E-state index contributed by atoms with van der Waals surface area (Å²) in [4.78, 5) is 74.4. The molecule has 60 heavy (non-hydrogen) atoms. The smallest absolute Gasteiger partial charge is 0.471 e. The largest absolute Gasteiger partial charge is 0.496 e. The minimum Gasteiger partial charge on any atom is -0.496 e. The number of rotatable bonds is 9. The summed E-state index contributed by atoms with van der Waals surface area (Å²) in [5.74, 6) is -5.49. The molecule has 0 atom stereocenters. The van der Waals surface area contributed by atoms with Crippen LogP contribution in [-0.4, -0.2) is 131 Å². The maximum atomic E-state index is 13.5. The summed E-state index contributed by atoms with van der Waals surface area (Å²) in [6.07, 6.45) is -0.118. The summed E-state index contributed by atoms with van der Waals surface area (Å²) in [7, 11) is 6.38. The van der Waals surface area contributed by atoms with Gasteiger partial charge in [-0.3, -0.25) is 33.7 Å². The Bertz CT molecular complexity index is 1980. The van der Waals surface area contributed by atoms with Crippen LogP contribution in [0.2, 0.25) is 0 Å². The van der Waals surface area contributed by atoms with Gasteiger partial charge in [-0.2, -0.15) is 13.2 Å². The minimum absolute atomic E-state index is 0. The molecule has 4 heterocycles. The molecule has 3 aromatic rings. The molecular weight excluding hydrogens is 794 g/mol. The summed E-state index contributed by atoms with van der Waals surface area (Å²) in [6.45, 7) is 3.65. The zero-order valence-electron chi connectivity index (χ0n) is 33.5. The van der Waals surface area contributed by atoms with Crippen LogP contribution < -0.4 is 10.1 Å². The number of methoxy groups -OCH3 is 1.